The molecule has 1 aromatic heterocycles. The van der Waals surface area contributed by atoms with E-state index in [0.717, 1.165) is 118 Å². The van der Waals surface area contributed by atoms with Crippen molar-refractivity contribution >= 4 is 46.1 Å². The molecule has 0 unspecified atom stereocenters. The molecule has 2 saturated carbocycles. The van der Waals surface area contributed by atoms with Gasteiger partial charge in [0.15, 0.2) is 0 Å². The first-order valence-electron chi connectivity index (χ1n) is 24.0. The highest BCUT2D eigenvalue weighted by Gasteiger charge is 2.50. The Kier molecular flexibility index (Phi) is 9.64. The number of nitrogens with one attached hydrogen (secondary N) is 1. The molecule has 332 valence electrons. The number of nitrogens with zero attached hydrogens (tertiary/aromatic N) is 5. The maximum absolute atomic E-state index is 14.0. The molecule has 5 fully saturated rings. The van der Waals surface area contributed by atoms with E-state index in [9.17, 15) is 24.0 Å². The molecule has 12 rings (SSSR count). The van der Waals surface area contributed by atoms with Gasteiger partial charge in [-0.1, -0.05) is 55.1 Å². The van der Waals surface area contributed by atoms with Crippen LogP contribution in [-0.4, -0.2) is 92.7 Å². The summed E-state index contributed by atoms with van der Waals surface area (Å²) in [4.78, 5) is 76.5. The summed E-state index contributed by atoms with van der Waals surface area (Å²) in [5, 5.41) is 3.35. The van der Waals surface area contributed by atoms with Gasteiger partial charge in [-0.25, -0.2) is 0 Å². The highest BCUT2D eigenvalue weighted by Crippen LogP contribution is 2.53. The van der Waals surface area contributed by atoms with Crippen molar-refractivity contribution < 1.29 is 23.9 Å². The van der Waals surface area contributed by atoms with Crippen LogP contribution in [0.1, 0.15) is 141 Å². The number of aromatic nitrogens is 2. The summed E-state index contributed by atoms with van der Waals surface area (Å²) >= 11 is 6.63. The summed E-state index contributed by atoms with van der Waals surface area (Å²) in [6, 6.07) is 16.6. The number of fused-ring (bicyclic) bond motifs is 11. The molecule has 13 heteroatoms. The normalized spacial score (nSPS) is 26.2. The van der Waals surface area contributed by atoms with E-state index in [0.29, 0.717) is 66.5 Å². The molecule has 3 aromatic carbocycles. The zero-order valence-electron chi connectivity index (χ0n) is 36.3. The number of ether oxygens (including phenoxy) is 1. The number of hydrogen-bond donors (Lipinski definition) is 1. The number of amides is 4. The van der Waals surface area contributed by atoms with Crippen molar-refractivity contribution in [1.29, 1.82) is 0 Å². The van der Waals surface area contributed by atoms with Crippen LogP contribution in [0.15, 0.2) is 53.3 Å². The molecular formula is C51H55ClN6O6. The fraction of sp³-hybridized carbons (Fsp3) is 0.529. The lowest BCUT2D eigenvalue weighted by atomic mass is 9.69. The van der Waals surface area contributed by atoms with Crippen molar-refractivity contribution in [2.45, 2.75) is 132 Å². The van der Waals surface area contributed by atoms with E-state index >= 15 is 0 Å². The first-order chi connectivity index (χ1) is 31.1. The van der Waals surface area contributed by atoms with Crippen molar-refractivity contribution in [2.75, 3.05) is 32.8 Å². The molecule has 4 aromatic rings. The topological polar surface area (TPSA) is 134 Å². The summed E-state index contributed by atoms with van der Waals surface area (Å²) in [7, 11) is 0. The van der Waals surface area contributed by atoms with Crippen LogP contribution < -0.4 is 15.6 Å². The van der Waals surface area contributed by atoms with Gasteiger partial charge < -0.3 is 19.4 Å². The summed E-state index contributed by atoms with van der Waals surface area (Å²) < 4.78 is 8.66. The van der Waals surface area contributed by atoms with E-state index in [1.54, 1.807) is 11.0 Å². The molecule has 3 saturated heterocycles. The average Bonchev–Trinajstić information content (AvgIpc) is 3.93. The summed E-state index contributed by atoms with van der Waals surface area (Å²) in [6.07, 6.45) is 13.9. The van der Waals surface area contributed by atoms with Gasteiger partial charge in [-0.15, -0.1) is 0 Å². The number of imide groups is 1. The molecule has 4 amide bonds. The molecule has 8 aliphatic rings. The largest absolute Gasteiger partial charge is 0.492 e. The van der Waals surface area contributed by atoms with Crippen LogP contribution in [0.2, 0.25) is 5.02 Å². The molecule has 6 aliphatic heterocycles. The van der Waals surface area contributed by atoms with E-state index in [2.05, 4.69) is 37.9 Å². The molecule has 64 heavy (non-hydrogen) atoms. The van der Waals surface area contributed by atoms with Gasteiger partial charge in [0.05, 0.1) is 40.2 Å². The molecule has 2 spiro atoms. The third-order valence-electron chi connectivity index (χ3n) is 17.1. The van der Waals surface area contributed by atoms with E-state index in [-0.39, 0.29) is 40.5 Å². The Morgan fingerprint density at radius 1 is 0.828 bits per heavy atom. The van der Waals surface area contributed by atoms with Gasteiger partial charge in [0, 0.05) is 53.6 Å². The number of benzene rings is 3. The van der Waals surface area contributed by atoms with E-state index in [1.165, 1.54) is 23.2 Å². The summed E-state index contributed by atoms with van der Waals surface area (Å²) in [5.74, 6) is 1.59. The fourth-order valence-corrected chi connectivity index (χ4v) is 13.8. The lowest BCUT2D eigenvalue weighted by Gasteiger charge is -2.43. The van der Waals surface area contributed by atoms with Crippen LogP contribution in [0.5, 0.6) is 5.75 Å². The van der Waals surface area contributed by atoms with Crippen molar-refractivity contribution in [3.05, 3.63) is 97.5 Å². The fourth-order valence-electron chi connectivity index (χ4n) is 13.5. The number of likely N-dealkylation sites (tertiary alicyclic amines) is 2. The SMILES string of the molecule is O=C1CC[C@H](N2Cc3c(ccc4c3OCC43CCN(C(=O)C4CCC(N5CCC(c6ccc7c(c6)-n6c(nc(=O)c8c(Cl)cccc86)C76CCCCC6)CC5)CC4)CC3)C2=O)C(=O)N1. The van der Waals surface area contributed by atoms with Gasteiger partial charge in [0.1, 0.15) is 17.6 Å². The average molecular weight is 883 g/mol. The van der Waals surface area contributed by atoms with Crippen LogP contribution in [0.25, 0.3) is 16.6 Å². The number of halogens is 1. The molecule has 1 N–H and O–H groups in total. The van der Waals surface area contributed by atoms with Crippen molar-refractivity contribution in [1.82, 2.24) is 29.6 Å². The van der Waals surface area contributed by atoms with Gasteiger partial charge in [-0.3, -0.25) is 33.9 Å². The maximum atomic E-state index is 14.0. The Balaban J connectivity index is 0.669. The zero-order chi connectivity index (χ0) is 43.5. The number of carbonyl (C=O) groups excluding carboxylic acids is 4. The van der Waals surface area contributed by atoms with Crippen molar-refractivity contribution in [2.24, 2.45) is 5.92 Å². The van der Waals surface area contributed by atoms with Crippen LogP contribution in [0.3, 0.4) is 0 Å². The van der Waals surface area contributed by atoms with Crippen LogP contribution in [-0.2, 0) is 31.8 Å². The Morgan fingerprint density at radius 3 is 2.36 bits per heavy atom. The smallest absolute Gasteiger partial charge is 0.282 e. The predicted molar refractivity (Wildman–Crippen MR) is 241 cm³/mol. The number of piperidine rings is 3. The molecule has 12 nitrogen and oxygen atoms in total. The second-order valence-electron chi connectivity index (χ2n) is 20.2. The van der Waals surface area contributed by atoms with E-state index in [4.69, 9.17) is 21.3 Å². The summed E-state index contributed by atoms with van der Waals surface area (Å²) in [5.41, 5.74) is 6.58. The molecular weight excluding hydrogens is 828 g/mol. The lowest BCUT2D eigenvalue weighted by molar-refractivity contribution is -0.139. The molecule has 0 bridgehead atoms. The van der Waals surface area contributed by atoms with E-state index < -0.39 is 11.9 Å². The highest BCUT2D eigenvalue weighted by molar-refractivity contribution is 6.35. The number of hydrogen-bond acceptors (Lipinski definition) is 8. The van der Waals surface area contributed by atoms with E-state index in [1.807, 2.05) is 24.3 Å². The van der Waals surface area contributed by atoms with Gasteiger partial charge in [-0.2, -0.15) is 4.98 Å². The minimum atomic E-state index is -0.660. The van der Waals surface area contributed by atoms with Gasteiger partial charge in [0.25, 0.3) is 11.5 Å². The van der Waals surface area contributed by atoms with Crippen molar-refractivity contribution in [3.63, 3.8) is 0 Å². The zero-order valence-corrected chi connectivity index (χ0v) is 37.1. The Morgan fingerprint density at radius 2 is 1.59 bits per heavy atom. The minimum absolute atomic E-state index is 0.0693. The Labute approximate surface area is 377 Å². The Bertz CT molecular complexity index is 2700. The lowest BCUT2D eigenvalue weighted by Crippen LogP contribution is -2.52. The Hall–Kier alpha value is -5.07. The number of carbonyl (C=O) groups is 4. The van der Waals surface area contributed by atoms with Crippen molar-refractivity contribution in [3.8, 4) is 11.4 Å². The highest BCUT2D eigenvalue weighted by atomic mass is 35.5. The first-order valence-corrected chi connectivity index (χ1v) is 24.3. The quantitative estimate of drug-likeness (QED) is 0.216. The minimum Gasteiger partial charge on any atom is -0.492 e. The first kappa shape index (κ1) is 40.4. The molecule has 0 radical (unpaired) electrons. The third kappa shape index (κ3) is 6.17. The molecule has 2 aliphatic carbocycles. The van der Waals surface area contributed by atoms with Gasteiger partial charge in [-0.05, 0) is 125 Å². The number of rotatable bonds is 4. The third-order valence-corrected chi connectivity index (χ3v) is 17.4. The summed E-state index contributed by atoms with van der Waals surface area (Å²) in [6.45, 7) is 4.34. The second-order valence-corrected chi connectivity index (χ2v) is 20.6. The van der Waals surface area contributed by atoms with Crippen LogP contribution in [0.4, 0.5) is 0 Å². The van der Waals surface area contributed by atoms with Crippen LogP contribution in [0, 0.1) is 5.92 Å². The second kappa shape index (κ2) is 15.3. The standard InChI is InChI=1S/C51H55ClN6O6/c52-38-5-4-6-39-43(38)46(61)54-49-51(19-2-1-3-20-51)36-13-9-32(27-41(36)58(39)49)30-17-23-55(24-18-30)33-10-7-31(8-11-33)47(62)56-25-21-50(22-26-56)29-64-44-35-28-57(40-15-16-42(59)53-45(40)60)48(63)34(35)12-14-37(44)50/h4-6,9,12-14,27,30-31,33,40H,1-3,7-8,10-11,15-26,28-29H2,(H,53,59,60)/t31?,33?,40-/m0/s1. The monoisotopic (exact) mass is 882 g/mol. The molecule has 1 atom stereocenters. The van der Waals surface area contributed by atoms with Gasteiger partial charge >= 0.3 is 0 Å². The predicted octanol–water partition coefficient (Wildman–Crippen LogP) is 7.05. The maximum Gasteiger partial charge on any atom is 0.282 e. The molecule has 7 heterocycles. The van der Waals surface area contributed by atoms with Gasteiger partial charge in [0.2, 0.25) is 17.7 Å². The van der Waals surface area contributed by atoms with Crippen LogP contribution >= 0.6 is 11.6 Å².